The monoisotopic (exact) mass is 215 g/mol. The fraction of sp³-hybridized carbons (Fsp3) is 1.00. The second-order valence-corrected chi connectivity index (χ2v) is 5.03. The van der Waals surface area contributed by atoms with E-state index in [1.54, 1.807) is 0 Å². The average Bonchev–Trinajstić information content (AvgIpc) is 2.52. The van der Waals surface area contributed by atoms with Crippen LogP contribution in [0.4, 0.5) is 0 Å². The minimum absolute atomic E-state index is 0.0865. The van der Waals surface area contributed by atoms with Crippen molar-refractivity contribution in [3.63, 3.8) is 0 Å². The van der Waals surface area contributed by atoms with Crippen LogP contribution in [-0.4, -0.2) is 36.5 Å². The lowest BCUT2D eigenvalue weighted by molar-refractivity contribution is -0.0141. The molecule has 3 heteroatoms. The van der Waals surface area contributed by atoms with Gasteiger partial charge in [0.25, 0.3) is 0 Å². The van der Waals surface area contributed by atoms with Crippen molar-refractivity contribution in [2.24, 2.45) is 0 Å². The number of hydrogen-bond donors (Lipinski definition) is 2. The second kappa shape index (κ2) is 6.46. The molecule has 0 radical (unpaired) electrons. The number of aliphatic hydroxyl groups excluding tert-OH is 1. The third kappa shape index (κ3) is 5.50. The Morgan fingerprint density at radius 3 is 2.73 bits per heavy atom. The molecular weight excluding hydrogens is 190 g/mol. The third-order valence-electron chi connectivity index (χ3n) is 2.94. The lowest BCUT2D eigenvalue weighted by atomic mass is 10.1. The summed E-state index contributed by atoms with van der Waals surface area (Å²) in [5.41, 5.74) is 0.0865. The van der Waals surface area contributed by atoms with Gasteiger partial charge in [0.2, 0.25) is 0 Å². The molecule has 0 saturated carbocycles. The van der Waals surface area contributed by atoms with E-state index in [4.69, 9.17) is 9.84 Å². The minimum Gasteiger partial charge on any atom is -0.396 e. The highest BCUT2D eigenvalue weighted by Gasteiger charge is 2.30. The molecular formula is C12H25NO2. The lowest BCUT2D eigenvalue weighted by Crippen LogP contribution is -2.29. The van der Waals surface area contributed by atoms with Crippen molar-refractivity contribution in [1.29, 1.82) is 0 Å². The van der Waals surface area contributed by atoms with Gasteiger partial charge in [-0.3, -0.25) is 0 Å². The Morgan fingerprint density at radius 2 is 2.13 bits per heavy atom. The summed E-state index contributed by atoms with van der Waals surface area (Å²) in [4.78, 5) is 0. The Labute approximate surface area is 93.2 Å². The summed E-state index contributed by atoms with van der Waals surface area (Å²) in [5, 5.41) is 12.0. The molecule has 0 aromatic rings. The van der Waals surface area contributed by atoms with Gasteiger partial charge < -0.3 is 15.2 Å². The lowest BCUT2D eigenvalue weighted by Gasteiger charge is -2.19. The second-order valence-electron chi connectivity index (χ2n) is 5.03. The Kier molecular flexibility index (Phi) is 5.58. The zero-order valence-corrected chi connectivity index (χ0v) is 10.1. The highest BCUT2D eigenvalue weighted by molar-refractivity contribution is 4.81. The van der Waals surface area contributed by atoms with Crippen LogP contribution in [0.15, 0.2) is 0 Å². The molecule has 1 rings (SSSR count). The summed E-state index contributed by atoms with van der Waals surface area (Å²) < 4.78 is 5.87. The predicted molar refractivity (Wildman–Crippen MR) is 62.0 cm³/mol. The largest absolute Gasteiger partial charge is 0.396 e. The standard InChI is InChI=1S/C12H25NO2/c1-12(2)7-6-11(15-12)10-13-8-4-3-5-9-14/h11,13-14H,3-10H2,1-2H3. The van der Waals surface area contributed by atoms with Crippen LogP contribution in [0.1, 0.15) is 46.0 Å². The molecule has 15 heavy (non-hydrogen) atoms. The van der Waals surface area contributed by atoms with Gasteiger partial charge in [0, 0.05) is 13.2 Å². The number of ether oxygens (including phenoxy) is 1. The van der Waals surface area contributed by atoms with Crippen molar-refractivity contribution in [3.05, 3.63) is 0 Å². The van der Waals surface area contributed by atoms with Crippen LogP contribution in [0, 0.1) is 0 Å². The maximum Gasteiger partial charge on any atom is 0.0707 e. The summed E-state index contributed by atoms with van der Waals surface area (Å²) in [6, 6.07) is 0. The maximum atomic E-state index is 8.61. The first-order chi connectivity index (χ1) is 7.14. The van der Waals surface area contributed by atoms with Gasteiger partial charge >= 0.3 is 0 Å². The Bertz CT molecular complexity index is 171. The zero-order valence-electron chi connectivity index (χ0n) is 10.1. The molecule has 0 aromatic carbocycles. The highest BCUT2D eigenvalue weighted by atomic mass is 16.5. The van der Waals surface area contributed by atoms with Crippen LogP contribution >= 0.6 is 0 Å². The predicted octanol–water partition coefficient (Wildman–Crippen LogP) is 1.70. The van der Waals surface area contributed by atoms with E-state index in [2.05, 4.69) is 19.2 Å². The molecule has 0 spiro atoms. The van der Waals surface area contributed by atoms with Crippen LogP contribution < -0.4 is 5.32 Å². The van der Waals surface area contributed by atoms with E-state index in [1.807, 2.05) is 0 Å². The van der Waals surface area contributed by atoms with Gasteiger partial charge in [-0.2, -0.15) is 0 Å². The van der Waals surface area contributed by atoms with Gasteiger partial charge in [0.15, 0.2) is 0 Å². The van der Waals surface area contributed by atoms with Crippen molar-refractivity contribution in [2.45, 2.75) is 57.7 Å². The third-order valence-corrected chi connectivity index (χ3v) is 2.94. The molecule has 0 amide bonds. The molecule has 0 aromatic heterocycles. The normalized spacial score (nSPS) is 24.6. The molecule has 1 fully saturated rings. The number of rotatable bonds is 7. The van der Waals surface area contributed by atoms with Crippen molar-refractivity contribution in [2.75, 3.05) is 19.7 Å². The van der Waals surface area contributed by atoms with E-state index in [-0.39, 0.29) is 5.60 Å². The molecule has 1 unspecified atom stereocenters. The molecule has 1 heterocycles. The Morgan fingerprint density at radius 1 is 1.33 bits per heavy atom. The average molecular weight is 215 g/mol. The number of hydrogen-bond acceptors (Lipinski definition) is 3. The zero-order chi connectivity index (χ0) is 11.1. The Balaban J connectivity index is 1.93. The number of unbranched alkanes of at least 4 members (excludes halogenated alkanes) is 2. The first kappa shape index (κ1) is 12.9. The quantitative estimate of drug-likeness (QED) is 0.635. The molecule has 2 N–H and O–H groups in total. The molecule has 0 aliphatic carbocycles. The molecule has 3 nitrogen and oxygen atoms in total. The molecule has 1 saturated heterocycles. The van der Waals surface area contributed by atoms with Crippen LogP contribution in [0.25, 0.3) is 0 Å². The molecule has 90 valence electrons. The summed E-state index contributed by atoms with van der Waals surface area (Å²) in [6.45, 7) is 6.66. The van der Waals surface area contributed by atoms with Gasteiger partial charge in [0.05, 0.1) is 11.7 Å². The first-order valence-electron chi connectivity index (χ1n) is 6.13. The summed E-state index contributed by atoms with van der Waals surface area (Å²) >= 11 is 0. The Hall–Kier alpha value is -0.120. The molecule has 1 atom stereocenters. The molecule has 0 bridgehead atoms. The van der Waals surface area contributed by atoms with Crippen LogP contribution in [-0.2, 0) is 4.74 Å². The van der Waals surface area contributed by atoms with Gasteiger partial charge in [-0.05, 0) is 52.5 Å². The van der Waals surface area contributed by atoms with E-state index >= 15 is 0 Å². The summed E-state index contributed by atoms with van der Waals surface area (Å²) in [7, 11) is 0. The van der Waals surface area contributed by atoms with Gasteiger partial charge in [-0.1, -0.05) is 0 Å². The van der Waals surface area contributed by atoms with Gasteiger partial charge in [-0.15, -0.1) is 0 Å². The van der Waals surface area contributed by atoms with E-state index in [1.165, 1.54) is 12.8 Å². The van der Waals surface area contributed by atoms with Crippen molar-refractivity contribution in [1.82, 2.24) is 5.32 Å². The van der Waals surface area contributed by atoms with Crippen LogP contribution in [0.2, 0.25) is 0 Å². The van der Waals surface area contributed by atoms with E-state index in [9.17, 15) is 0 Å². The minimum atomic E-state index is 0.0865. The topological polar surface area (TPSA) is 41.5 Å². The smallest absolute Gasteiger partial charge is 0.0707 e. The van der Waals surface area contributed by atoms with E-state index < -0.39 is 0 Å². The van der Waals surface area contributed by atoms with Crippen LogP contribution in [0.5, 0.6) is 0 Å². The highest BCUT2D eigenvalue weighted by Crippen LogP contribution is 2.28. The maximum absolute atomic E-state index is 8.61. The molecule has 1 aliphatic heterocycles. The van der Waals surface area contributed by atoms with Crippen molar-refractivity contribution < 1.29 is 9.84 Å². The van der Waals surface area contributed by atoms with Crippen LogP contribution in [0.3, 0.4) is 0 Å². The van der Waals surface area contributed by atoms with E-state index in [0.29, 0.717) is 12.7 Å². The first-order valence-corrected chi connectivity index (χ1v) is 6.13. The van der Waals surface area contributed by atoms with Gasteiger partial charge in [0.1, 0.15) is 0 Å². The summed E-state index contributed by atoms with van der Waals surface area (Å²) in [5.74, 6) is 0. The fourth-order valence-corrected chi connectivity index (χ4v) is 2.02. The fourth-order valence-electron chi connectivity index (χ4n) is 2.02. The van der Waals surface area contributed by atoms with Gasteiger partial charge in [-0.25, -0.2) is 0 Å². The SMILES string of the molecule is CC1(C)CCC(CNCCCCCO)O1. The van der Waals surface area contributed by atoms with E-state index in [0.717, 1.165) is 32.4 Å². The van der Waals surface area contributed by atoms with Crippen molar-refractivity contribution >= 4 is 0 Å². The number of nitrogens with one attached hydrogen (secondary N) is 1. The number of aliphatic hydroxyl groups is 1. The molecule has 1 aliphatic rings. The van der Waals surface area contributed by atoms with Crippen molar-refractivity contribution in [3.8, 4) is 0 Å². The summed E-state index contributed by atoms with van der Waals surface area (Å²) in [6.07, 6.45) is 5.93.